The summed E-state index contributed by atoms with van der Waals surface area (Å²) >= 11 is 2.94. The molecular weight excluding hydrogens is 357 g/mol. The van der Waals surface area contributed by atoms with Gasteiger partial charge in [-0.25, -0.2) is 8.78 Å². The number of hydrogen-bond acceptors (Lipinski definition) is 3. The van der Waals surface area contributed by atoms with Crippen molar-refractivity contribution in [3.05, 3.63) is 33.8 Å². The number of aliphatic hydroxyl groups is 1. The lowest BCUT2D eigenvalue weighted by molar-refractivity contribution is 0.0919. The monoisotopic (exact) mass is 370 g/mol. The van der Waals surface area contributed by atoms with E-state index in [1.165, 1.54) is 0 Å². The topological polar surface area (TPSA) is 61.4 Å². The van der Waals surface area contributed by atoms with E-state index in [0.29, 0.717) is 13.1 Å². The summed E-state index contributed by atoms with van der Waals surface area (Å²) in [6.45, 7) is 1.19. The van der Waals surface area contributed by atoms with Crippen LogP contribution in [0, 0.1) is 17.6 Å². The first-order valence-electron chi connectivity index (χ1n) is 5.80. The maximum Gasteiger partial charge on any atom is 0.257 e. The average molecular weight is 372 g/mol. The number of β-amino-alcohol motifs (C(OH)–C–C–N with tert-alkyl or cyclic N) is 1. The van der Waals surface area contributed by atoms with Gasteiger partial charge in [-0.1, -0.05) is 15.9 Å². The van der Waals surface area contributed by atoms with Crippen LogP contribution in [0.1, 0.15) is 10.4 Å². The molecular formula is C12H14BrClF2N2O2. The molecule has 1 fully saturated rings. The average Bonchev–Trinajstić information content (AvgIpc) is 2.70. The van der Waals surface area contributed by atoms with Crippen LogP contribution in [0.2, 0.25) is 0 Å². The minimum atomic E-state index is -0.922. The van der Waals surface area contributed by atoms with Crippen molar-refractivity contribution in [1.82, 2.24) is 10.6 Å². The third-order valence-electron chi connectivity index (χ3n) is 3.06. The highest BCUT2D eigenvalue weighted by Gasteiger charge is 2.26. The normalized spacial score (nSPS) is 21.4. The van der Waals surface area contributed by atoms with Gasteiger partial charge in [0.1, 0.15) is 17.2 Å². The molecule has 1 aliphatic rings. The molecule has 2 atom stereocenters. The second-order valence-corrected chi connectivity index (χ2v) is 5.36. The first kappa shape index (κ1) is 17.3. The predicted octanol–water partition coefficient (Wildman–Crippen LogP) is 1.46. The van der Waals surface area contributed by atoms with Crippen LogP contribution >= 0.6 is 28.3 Å². The zero-order valence-corrected chi connectivity index (χ0v) is 12.7. The van der Waals surface area contributed by atoms with Crippen LogP contribution in [0.5, 0.6) is 0 Å². The molecule has 1 aromatic carbocycles. The summed E-state index contributed by atoms with van der Waals surface area (Å²) in [6.07, 6.45) is -0.556. The van der Waals surface area contributed by atoms with Crippen molar-refractivity contribution in [2.75, 3.05) is 19.6 Å². The molecule has 0 aromatic heterocycles. The molecule has 20 heavy (non-hydrogen) atoms. The lowest BCUT2D eigenvalue weighted by Gasteiger charge is -2.14. The fraction of sp³-hybridized carbons (Fsp3) is 0.417. The zero-order chi connectivity index (χ0) is 14.0. The van der Waals surface area contributed by atoms with E-state index in [9.17, 15) is 18.7 Å². The van der Waals surface area contributed by atoms with Gasteiger partial charge in [-0.2, -0.15) is 0 Å². The first-order valence-corrected chi connectivity index (χ1v) is 6.60. The minimum absolute atomic E-state index is 0. The van der Waals surface area contributed by atoms with Crippen molar-refractivity contribution < 1.29 is 18.7 Å². The lowest BCUT2D eigenvalue weighted by atomic mass is 10.1. The molecule has 1 aromatic rings. The van der Waals surface area contributed by atoms with Crippen molar-refractivity contribution in [2.24, 2.45) is 5.92 Å². The molecule has 2 rings (SSSR count). The Kier molecular flexibility index (Phi) is 6.32. The van der Waals surface area contributed by atoms with Crippen LogP contribution in [0.15, 0.2) is 16.6 Å². The van der Waals surface area contributed by atoms with Crippen molar-refractivity contribution in [2.45, 2.75) is 6.10 Å². The van der Waals surface area contributed by atoms with Crippen molar-refractivity contribution in [3.8, 4) is 0 Å². The number of benzene rings is 1. The third kappa shape index (κ3) is 3.88. The van der Waals surface area contributed by atoms with E-state index in [4.69, 9.17) is 0 Å². The molecule has 0 radical (unpaired) electrons. The van der Waals surface area contributed by atoms with Gasteiger partial charge in [0.25, 0.3) is 5.91 Å². The highest BCUT2D eigenvalue weighted by atomic mass is 79.9. The van der Waals surface area contributed by atoms with E-state index in [1.807, 2.05) is 0 Å². The Morgan fingerprint density at radius 2 is 2.00 bits per heavy atom. The van der Waals surface area contributed by atoms with Crippen LogP contribution in [0.3, 0.4) is 0 Å². The molecule has 2 unspecified atom stereocenters. The molecule has 1 heterocycles. The number of rotatable bonds is 3. The molecule has 1 saturated heterocycles. The number of carbonyl (C=O) groups excluding carboxylic acids is 1. The van der Waals surface area contributed by atoms with Gasteiger partial charge in [-0.05, 0) is 12.1 Å². The fourth-order valence-corrected chi connectivity index (χ4v) is 2.40. The molecule has 0 spiro atoms. The van der Waals surface area contributed by atoms with Crippen LogP contribution < -0.4 is 10.6 Å². The fourth-order valence-electron chi connectivity index (χ4n) is 2.00. The van der Waals surface area contributed by atoms with Crippen molar-refractivity contribution >= 4 is 34.2 Å². The van der Waals surface area contributed by atoms with Crippen molar-refractivity contribution in [3.63, 3.8) is 0 Å². The Morgan fingerprint density at radius 3 is 2.50 bits per heavy atom. The van der Waals surface area contributed by atoms with Gasteiger partial charge in [0.2, 0.25) is 0 Å². The summed E-state index contributed by atoms with van der Waals surface area (Å²) in [6, 6.07) is 2.06. The SMILES string of the molecule is Cl.O=C(NCC1CNCC1O)c1c(F)cc(Br)cc1F. The Morgan fingerprint density at radius 1 is 1.40 bits per heavy atom. The van der Waals surface area contributed by atoms with Gasteiger partial charge in [0, 0.05) is 30.0 Å². The van der Waals surface area contributed by atoms with Gasteiger partial charge in [-0.3, -0.25) is 4.79 Å². The van der Waals surface area contributed by atoms with Gasteiger partial charge in [-0.15, -0.1) is 12.4 Å². The Balaban J connectivity index is 0.00000200. The first-order chi connectivity index (χ1) is 8.99. The summed E-state index contributed by atoms with van der Waals surface area (Å²) in [5.74, 6) is -2.81. The molecule has 4 nitrogen and oxygen atoms in total. The minimum Gasteiger partial charge on any atom is -0.391 e. The van der Waals surface area contributed by atoms with Crippen molar-refractivity contribution in [1.29, 1.82) is 0 Å². The second-order valence-electron chi connectivity index (χ2n) is 4.44. The number of hydrogen-bond donors (Lipinski definition) is 3. The van der Waals surface area contributed by atoms with E-state index in [1.54, 1.807) is 0 Å². The van der Waals surface area contributed by atoms with E-state index < -0.39 is 29.2 Å². The summed E-state index contributed by atoms with van der Waals surface area (Å²) in [4.78, 5) is 11.8. The van der Waals surface area contributed by atoms with E-state index in [-0.39, 0.29) is 29.3 Å². The number of nitrogens with one attached hydrogen (secondary N) is 2. The van der Waals surface area contributed by atoms with Crippen LogP contribution in [0.4, 0.5) is 8.78 Å². The summed E-state index contributed by atoms with van der Waals surface area (Å²) in [5.41, 5.74) is -0.608. The maximum absolute atomic E-state index is 13.5. The Bertz CT molecular complexity index is 481. The number of amides is 1. The van der Waals surface area contributed by atoms with E-state index >= 15 is 0 Å². The molecule has 1 aliphatic heterocycles. The highest BCUT2D eigenvalue weighted by Crippen LogP contribution is 2.19. The highest BCUT2D eigenvalue weighted by molar-refractivity contribution is 9.10. The Hall–Kier alpha value is -0.760. The largest absolute Gasteiger partial charge is 0.391 e. The van der Waals surface area contributed by atoms with Crippen LogP contribution in [-0.4, -0.2) is 36.8 Å². The molecule has 0 bridgehead atoms. The zero-order valence-electron chi connectivity index (χ0n) is 10.3. The van der Waals surface area contributed by atoms with Crippen LogP contribution in [0.25, 0.3) is 0 Å². The number of aliphatic hydroxyl groups excluding tert-OH is 1. The van der Waals surface area contributed by atoms with E-state index in [2.05, 4.69) is 26.6 Å². The quantitative estimate of drug-likeness (QED) is 0.754. The molecule has 1 amide bonds. The smallest absolute Gasteiger partial charge is 0.257 e. The van der Waals surface area contributed by atoms with Gasteiger partial charge >= 0.3 is 0 Å². The maximum atomic E-state index is 13.5. The summed E-state index contributed by atoms with van der Waals surface area (Å²) in [7, 11) is 0. The molecule has 112 valence electrons. The summed E-state index contributed by atoms with van der Waals surface area (Å²) in [5, 5.41) is 14.9. The summed E-state index contributed by atoms with van der Waals surface area (Å²) < 4.78 is 27.3. The van der Waals surface area contributed by atoms with Gasteiger partial charge in [0.15, 0.2) is 0 Å². The van der Waals surface area contributed by atoms with E-state index in [0.717, 1.165) is 12.1 Å². The molecule has 3 N–H and O–H groups in total. The predicted molar refractivity (Wildman–Crippen MR) is 76.0 cm³/mol. The number of carbonyl (C=O) groups is 1. The Labute approximate surface area is 129 Å². The number of halogens is 4. The molecule has 8 heteroatoms. The standard InChI is InChI=1S/C12H13BrF2N2O2.ClH/c13-7-1-8(14)11(9(15)2-7)12(19)17-4-6-3-16-5-10(6)18;/h1-2,6,10,16,18H,3-5H2,(H,17,19);1H. The van der Waals surface area contributed by atoms with Gasteiger partial charge < -0.3 is 15.7 Å². The lowest BCUT2D eigenvalue weighted by Crippen LogP contribution is -2.35. The second kappa shape index (κ2) is 7.31. The van der Waals surface area contributed by atoms with Crippen LogP contribution in [-0.2, 0) is 0 Å². The van der Waals surface area contributed by atoms with Gasteiger partial charge in [0.05, 0.1) is 6.10 Å². The third-order valence-corrected chi connectivity index (χ3v) is 3.52. The molecule has 0 saturated carbocycles. The molecule has 0 aliphatic carbocycles.